The van der Waals surface area contributed by atoms with Crippen LogP contribution in [-0.2, 0) is 20.4 Å². The predicted molar refractivity (Wildman–Crippen MR) is 112 cm³/mol. The highest BCUT2D eigenvalue weighted by Crippen LogP contribution is 2.31. The molecule has 3 aliphatic rings. The molecular formula is C21H28F3N5O5. The molecule has 3 aliphatic heterocycles. The molecule has 3 fully saturated rings. The Morgan fingerprint density at radius 2 is 1.85 bits per heavy atom. The average molecular weight is 487 g/mol. The van der Waals surface area contributed by atoms with Crippen molar-refractivity contribution in [1.82, 2.24) is 19.8 Å². The third kappa shape index (κ3) is 4.90. The number of carbonyl (C=O) groups excluding carboxylic acids is 1. The quantitative estimate of drug-likeness (QED) is 0.674. The summed E-state index contributed by atoms with van der Waals surface area (Å²) in [4.78, 5) is 37.0. The molecule has 34 heavy (non-hydrogen) atoms. The van der Waals surface area contributed by atoms with Crippen LogP contribution in [0.15, 0.2) is 12.4 Å². The van der Waals surface area contributed by atoms with Gasteiger partial charge in [-0.05, 0) is 26.7 Å². The van der Waals surface area contributed by atoms with Crippen LogP contribution in [0.3, 0.4) is 0 Å². The van der Waals surface area contributed by atoms with Crippen LogP contribution >= 0.6 is 0 Å². The van der Waals surface area contributed by atoms with Crippen molar-refractivity contribution >= 4 is 17.9 Å². The molecule has 1 N–H and O–H groups in total. The topological polar surface area (TPSA) is 108 Å². The van der Waals surface area contributed by atoms with Crippen LogP contribution in [0.4, 0.5) is 23.9 Å². The fraction of sp³-hybridized carbons (Fsp3) is 0.714. The molecule has 13 heteroatoms. The van der Waals surface area contributed by atoms with Crippen molar-refractivity contribution in [3.8, 4) is 0 Å². The van der Waals surface area contributed by atoms with Crippen LogP contribution in [0.1, 0.15) is 38.7 Å². The fourth-order valence-electron chi connectivity index (χ4n) is 4.82. The highest BCUT2D eigenvalue weighted by atomic mass is 19.4. The summed E-state index contributed by atoms with van der Waals surface area (Å²) in [5.74, 6) is 0.120. The van der Waals surface area contributed by atoms with Gasteiger partial charge < -0.3 is 24.4 Å². The number of ether oxygens (including phenoxy) is 2. The number of carboxylic acid groups (broad SMARTS) is 1. The molecule has 1 aromatic heterocycles. The van der Waals surface area contributed by atoms with Gasteiger partial charge in [-0.15, -0.1) is 0 Å². The molecule has 4 heterocycles. The summed E-state index contributed by atoms with van der Waals surface area (Å²) in [5.41, 5.74) is -1.84. The molecule has 0 aromatic carbocycles. The lowest BCUT2D eigenvalue weighted by molar-refractivity contribution is -0.140. The number of halogens is 3. The predicted octanol–water partition coefficient (Wildman–Crippen LogP) is 2.20. The SMILES string of the molecule is CC1(C)OC[C@@H](CO[C@@H]2CCN(C3CCN(c4ncc(C(F)(F)F)cn4)CC3)C2=O)N1C(=O)O. The van der Waals surface area contributed by atoms with Gasteiger partial charge in [-0.1, -0.05) is 0 Å². The largest absolute Gasteiger partial charge is 0.465 e. The van der Waals surface area contributed by atoms with E-state index >= 15 is 0 Å². The molecule has 3 saturated heterocycles. The summed E-state index contributed by atoms with van der Waals surface area (Å²) in [5, 5.41) is 9.48. The van der Waals surface area contributed by atoms with E-state index < -0.39 is 35.7 Å². The van der Waals surface area contributed by atoms with Crippen LogP contribution in [0.25, 0.3) is 0 Å². The van der Waals surface area contributed by atoms with Crippen molar-refractivity contribution in [3.05, 3.63) is 18.0 Å². The Balaban J connectivity index is 1.27. The number of aromatic nitrogens is 2. The van der Waals surface area contributed by atoms with E-state index in [0.29, 0.717) is 38.9 Å². The zero-order chi connectivity index (χ0) is 24.7. The number of likely N-dealkylation sites (tertiary alicyclic amines) is 1. The summed E-state index contributed by atoms with van der Waals surface area (Å²) in [6.45, 7) is 5.20. The normalized spacial score (nSPS) is 25.9. The Kier molecular flexibility index (Phi) is 6.60. The van der Waals surface area contributed by atoms with Gasteiger partial charge in [0.25, 0.3) is 5.91 Å². The molecular weight excluding hydrogens is 459 g/mol. The number of piperidine rings is 1. The number of hydrogen-bond acceptors (Lipinski definition) is 7. The van der Waals surface area contributed by atoms with E-state index in [0.717, 1.165) is 12.4 Å². The van der Waals surface area contributed by atoms with Gasteiger partial charge in [0.1, 0.15) is 11.8 Å². The molecule has 188 valence electrons. The van der Waals surface area contributed by atoms with Crippen molar-refractivity contribution < 1.29 is 37.3 Å². The standard InChI is InChI=1S/C21H28F3N5O5/c1-20(2)29(19(31)32)15(12-34-20)11-33-16-5-8-28(17(16)30)14-3-6-27(7-4-14)18-25-9-13(10-26-18)21(22,23)24/h9-10,14-16H,3-8,11-12H2,1-2H3,(H,31,32)/t15-,16-/m1/s1. The van der Waals surface area contributed by atoms with Crippen molar-refractivity contribution in [2.24, 2.45) is 0 Å². The molecule has 0 aliphatic carbocycles. The minimum atomic E-state index is -4.48. The highest BCUT2D eigenvalue weighted by Gasteiger charge is 2.45. The Morgan fingerprint density at radius 3 is 2.44 bits per heavy atom. The van der Waals surface area contributed by atoms with E-state index in [1.54, 1.807) is 18.7 Å². The van der Waals surface area contributed by atoms with E-state index in [1.807, 2.05) is 4.90 Å². The molecule has 2 atom stereocenters. The number of hydrogen-bond donors (Lipinski definition) is 1. The van der Waals surface area contributed by atoms with Gasteiger partial charge in [-0.3, -0.25) is 9.69 Å². The van der Waals surface area contributed by atoms with E-state index in [1.165, 1.54) is 4.90 Å². The molecule has 0 radical (unpaired) electrons. The molecule has 0 bridgehead atoms. The first-order valence-electron chi connectivity index (χ1n) is 11.2. The highest BCUT2D eigenvalue weighted by molar-refractivity contribution is 5.83. The number of carbonyl (C=O) groups is 2. The van der Waals surface area contributed by atoms with E-state index in [4.69, 9.17) is 9.47 Å². The Bertz CT molecular complexity index is 905. The van der Waals surface area contributed by atoms with E-state index in [9.17, 15) is 27.9 Å². The number of anilines is 1. The van der Waals surface area contributed by atoms with Crippen molar-refractivity contribution in [2.75, 3.05) is 37.7 Å². The molecule has 0 saturated carbocycles. The van der Waals surface area contributed by atoms with Gasteiger partial charge in [0.15, 0.2) is 0 Å². The van der Waals surface area contributed by atoms with Crippen molar-refractivity contribution in [1.29, 1.82) is 0 Å². The maximum absolute atomic E-state index is 12.9. The molecule has 4 rings (SSSR count). The lowest BCUT2D eigenvalue weighted by Crippen LogP contribution is -2.49. The Hall–Kier alpha value is -2.67. The lowest BCUT2D eigenvalue weighted by Gasteiger charge is -2.36. The molecule has 2 amide bonds. The van der Waals surface area contributed by atoms with Gasteiger partial charge in [-0.2, -0.15) is 13.2 Å². The third-order valence-electron chi connectivity index (χ3n) is 6.61. The zero-order valence-electron chi connectivity index (χ0n) is 19.0. The smallest absolute Gasteiger partial charge is 0.419 e. The number of amides is 2. The second-order valence-electron chi connectivity index (χ2n) is 9.19. The first-order valence-corrected chi connectivity index (χ1v) is 11.2. The summed E-state index contributed by atoms with van der Waals surface area (Å²) in [6, 6.07) is -0.489. The number of rotatable bonds is 5. The maximum atomic E-state index is 12.9. The molecule has 0 unspecified atom stereocenters. The fourth-order valence-corrected chi connectivity index (χ4v) is 4.82. The second-order valence-corrected chi connectivity index (χ2v) is 9.19. The minimum absolute atomic E-state index is 0.00364. The summed E-state index contributed by atoms with van der Waals surface area (Å²) >= 11 is 0. The third-order valence-corrected chi connectivity index (χ3v) is 6.61. The van der Waals surface area contributed by atoms with Crippen LogP contribution < -0.4 is 4.90 Å². The summed E-state index contributed by atoms with van der Waals surface area (Å²) in [7, 11) is 0. The lowest BCUT2D eigenvalue weighted by atomic mass is 10.0. The van der Waals surface area contributed by atoms with E-state index in [2.05, 4.69) is 9.97 Å². The van der Waals surface area contributed by atoms with Crippen LogP contribution in [0.5, 0.6) is 0 Å². The monoisotopic (exact) mass is 487 g/mol. The van der Waals surface area contributed by atoms with Crippen LogP contribution in [0.2, 0.25) is 0 Å². The van der Waals surface area contributed by atoms with Gasteiger partial charge in [-0.25, -0.2) is 14.8 Å². The van der Waals surface area contributed by atoms with Crippen molar-refractivity contribution in [2.45, 2.75) is 63.2 Å². The Morgan fingerprint density at radius 1 is 1.21 bits per heavy atom. The molecule has 10 nitrogen and oxygen atoms in total. The first kappa shape index (κ1) is 24.5. The van der Waals surface area contributed by atoms with Gasteiger partial charge in [0.2, 0.25) is 5.95 Å². The Labute approximate surface area is 194 Å². The van der Waals surface area contributed by atoms with Gasteiger partial charge in [0, 0.05) is 44.5 Å². The first-order chi connectivity index (χ1) is 16.0. The number of alkyl halides is 3. The van der Waals surface area contributed by atoms with Crippen LogP contribution in [0, 0.1) is 0 Å². The maximum Gasteiger partial charge on any atom is 0.419 e. The van der Waals surface area contributed by atoms with Crippen LogP contribution in [-0.4, -0.2) is 93.6 Å². The van der Waals surface area contributed by atoms with Gasteiger partial charge >= 0.3 is 12.3 Å². The summed E-state index contributed by atoms with van der Waals surface area (Å²) < 4.78 is 49.5. The summed E-state index contributed by atoms with van der Waals surface area (Å²) in [6.07, 6.45) is -2.85. The zero-order valence-corrected chi connectivity index (χ0v) is 19.0. The van der Waals surface area contributed by atoms with E-state index in [-0.39, 0.29) is 31.1 Å². The second kappa shape index (κ2) is 9.17. The molecule has 0 spiro atoms. The molecule has 1 aromatic rings. The minimum Gasteiger partial charge on any atom is -0.465 e. The van der Waals surface area contributed by atoms with Crippen molar-refractivity contribution in [3.63, 3.8) is 0 Å². The average Bonchev–Trinajstić information content (AvgIpc) is 3.30. The van der Waals surface area contributed by atoms with Gasteiger partial charge in [0.05, 0.1) is 24.8 Å². The number of nitrogens with zero attached hydrogens (tertiary/aromatic N) is 5.